The fourth-order valence-electron chi connectivity index (χ4n) is 1.58. The zero-order valence-electron chi connectivity index (χ0n) is 10.2. The van der Waals surface area contributed by atoms with Gasteiger partial charge in [0.1, 0.15) is 0 Å². The van der Waals surface area contributed by atoms with Crippen LogP contribution in [-0.2, 0) is 11.8 Å². The van der Waals surface area contributed by atoms with Crippen LogP contribution in [0, 0.1) is 10.1 Å². The van der Waals surface area contributed by atoms with Crippen LogP contribution in [0.1, 0.15) is 26.3 Å². The van der Waals surface area contributed by atoms with Crippen molar-refractivity contribution in [3.63, 3.8) is 0 Å². The highest BCUT2D eigenvalue weighted by atomic mass is 16.6. The van der Waals surface area contributed by atoms with Crippen molar-refractivity contribution in [3.8, 4) is 0 Å². The number of hydrogen-bond donors (Lipinski definition) is 0. The molecule has 0 aromatic carbocycles. The number of aromatic nitrogens is 2. The van der Waals surface area contributed by atoms with E-state index in [9.17, 15) is 24.5 Å². The third-order valence-corrected chi connectivity index (χ3v) is 2.66. The van der Waals surface area contributed by atoms with E-state index in [1.165, 1.54) is 14.0 Å². The molecule has 0 N–H and O–H groups in total. The number of hydrogen-bond acceptors (Lipinski definition) is 5. The maximum atomic E-state index is 11.8. The first-order chi connectivity index (χ1) is 8.31. The van der Waals surface area contributed by atoms with Gasteiger partial charge in [-0.05, 0) is 6.92 Å². The van der Waals surface area contributed by atoms with Gasteiger partial charge in [0, 0.05) is 13.5 Å². The van der Waals surface area contributed by atoms with E-state index in [2.05, 4.69) is 0 Å². The summed E-state index contributed by atoms with van der Waals surface area (Å²) in [5.41, 5.74) is -2.54. The molecule has 18 heavy (non-hydrogen) atoms. The van der Waals surface area contributed by atoms with E-state index < -0.39 is 27.9 Å². The Balaban J connectivity index is 3.63. The molecule has 0 radical (unpaired) electrons. The molecule has 1 aromatic heterocycles. The van der Waals surface area contributed by atoms with Crippen LogP contribution >= 0.6 is 0 Å². The Hall–Kier alpha value is -2.25. The van der Waals surface area contributed by atoms with Gasteiger partial charge in [-0.1, -0.05) is 6.92 Å². The molecule has 8 nitrogen and oxygen atoms in total. The number of nitro groups is 1. The topological polar surface area (TPSA) is 104 Å². The molecular formula is C10H13N3O5. The van der Waals surface area contributed by atoms with Crippen molar-refractivity contribution in [1.29, 1.82) is 0 Å². The summed E-state index contributed by atoms with van der Waals surface area (Å²) in [4.78, 5) is 44.9. The minimum Gasteiger partial charge on any atom is -0.297 e. The van der Waals surface area contributed by atoms with Crippen LogP contribution < -0.4 is 11.2 Å². The number of carbonyl (C=O) groups excluding carboxylic acids is 1. The van der Waals surface area contributed by atoms with Crippen LogP contribution in [0.15, 0.2) is 15.8 Å². The molecule has 0 spiro atoms. The summed E-state index contributed by atoms with van der Waals surface area (Å²) in [6, 6.07) is -1.01. The van der Waals surface area contributed by atoms with Gasteiger partial charge in [0.05, 0.1) is 17.2 Å². The standard InChI is InChI=1S/C10H13N3O5/c1-4-8(14)6(2)12-9(15)7(13(17)18)5-11(3)10(12)16/h5-6H,4H2,1-3H3. The smallest absolute Gasteiger partial charge is 0.297 e. The molecule has 1 aromatic rings. The van der Waals surface area contributed by atoms with E-state index in [1.807, 2.05) is 0 Å². The molecule has 0 aliphatic carbocycles. The predicted molar refractivity (Wildman–Crippen MR) is 62.6 cm³/mol. The first kappa shape index (κ1) is 13.8. The summed E-state index contributed by atoms with van der Waals surface area (Å²) >= 11 is 0. The number of carbonyl (C=O) groups is 1. The molecule has 1 heterocycles. The second kappa shape index (κ2) is 4.94. The third-order valence-electron chi connectivity index (χ3n) is 2.66. The summed E-state index contributed by atoms with van der Waals surface area (Å²) in [5.74, 6) is -0.338. The van der Waals surface area contributed by atoms with E-state index in [0.29, 0.717) is 4.57 Å². The number of Topliss-reactive ketones (excluding diaryl/α,β-unsaturated/α-hetero) is 1. The summed E-state index contributed by atoms with van der Waals surface area (Å²) in [6.07, 6.45) is 0.990. The van der Waals surface area contributed by atoms with Crippen molar-refractivity contribution in [3.05, 3.63) is 37.1 Å². The number of rotatable bonds is 4. The predicted octanol–water partition coefficient (Wildman–Crippen LogP) is -0.00470. The molecule has 0 fully saturated rings. The van der Waals surface area contributed by atoms with Gasteiger partial charge in [0.15, 0.2) is 5.78 Å². The van der Waals surface area contributed by atoms with E-state index in [4.69, 9.17) is 0 Å². The molecule has 0 bridgehead atoms. The fourth-order valence-corrected chi connectivity index (χ4v) is 1.58. The van der Waals surface area contributed by atoms with Crippen LogP contribution in [0.4, 0.5) is 5.69 Å². The molecule has 0 saturated carbocycles. The first-order valence-corrected chi connectivity index (χ1v) is 5.30. The van der Waals surface area contributed by atoms with Crippen LogP contribution in [0.2, 0.25) is 0 Å². The minimum atomic E-state index is -1.06. The van der Waals surface area contributed by atoms with Gasteiger partial charge in [-0.15, -0.1) is 0 Å². The number of ketones is 1. The van der Waals surface area contributed by atoms with Gasteiger partial charge in [-0.3, -0.25) is 24.3 Å². The summed E-state index contributed by atoms with van der Waals surface area (Å²) in [7, 11) is 1.29. The van der Waals surface area contributed by atoms with Crippen molar-refractivity contribution in [2.45, 2.75) is 26.3 Å². The van der Waals surface area contributed by atoms with Crippen molar-refractivity contribution in [2.24, 2.45) is 7.05 Å². The van der Waals surface area contributed by atoms with E-state index >= 15 is 0 Å². The quantitative estimate of drug-likeness (QED) is 0.556. The highest BCUT2D eigenvalue weighted by Gasteiger charge is 2.24. The number of aryl methyl sites for hydroxylation is 1. The average Bonchev–Trinajstić information content (AvgIpc) is 2.32. The zero-order chi connectivity index (χ0) is 14.0. The van der Waals surface area contributed by atoms with Gasteiger partial charge < -0.3 is 0 Å². The molecule has 1 rings (SSSR count). The lowest BCUT2D eigenvalue weighted by Gasteiger charge is -2.12. The van der Waals surface area contributed by atoms with Gasteiger partial charge in [0.25, 0.3) is 0 Å². The van der Waals surface area contributed by atoms with Crippen molar-refractivity contribution in [1.82, 2.24) is 9.13 Å². The summed E-state index contributed by atoms with van der Waals surface area (Å²) in [5, 5.41) is 10.7. The van der Waals surface area contributed by atoms with Gasteiger partial charge in [0.2, 0.25) is 0 Å². The van der Waals surface area contributed by atoms with Gasteiger partial charge in [-0.25, -0.2) is 9.36 Å². The van der Waals surface area contributed by atoms with Crippen LogP contribution in [0.25, 0.3) is 0 Å². The molecule has 0 amide bonds. The molecule has 0 aliphatic rings. The Morgan fingerprint density at radius 3 is 2.50 bits per heavy atom. The molecule has 8 heteroatoms. The molecule has 1 atom stereocenters. The lowest BCUT2D eigenvalue weighted by Crippen LogP contribution is -2.43. The van der Waals surface area contributed by atoms with Crippen molar-refractivity contribution < 1.29 is 9.72 Å². The van der Waals surface area contributed by atoms with Crippen molar-refractivity contribution in [2.75, 3.05) is 0 Å². The first-order valence-electron chi connectivity index (χ1n) is 5.30. The van der Waals surface area contributed by atoms with E-state index in [-0.39, 0.29) is 12.2 Å². The van der Waals surface area contributed by atoms with Gasteiger partial charge >= 0.3 is 16.9 Å². The van der Waals surface area contributed by atoms with E-state index in [0.717, 1.165) is 10.8 Å². The largest absolute Gasteiger partial charge is 0.350 e. The third kappa shape index (κ3) is 2.22. The number of nitrogens with zero attached hydrogens (tertiary/aromatic N) is 3. The molecule has 98 valence electrons. The minimum absolute atomic E-state index is 0.138. The van der Waals surface area contributed by atoms with Crippen LogP contribution in [0.3, 0.4) is 0 Å². The Labute approximate surface area is 102 Å². The Morgan fingerprint density at radius 1 is 1.50 bits per heavy atom. The lowest BCUT2D eigenvalue weighted by molar-refractivity contribution is -0.387. The highest BCUT2D eigenvalue weighted by Crippen LogP contribution is 2.06. The summed E-state index contributed by atoms with van der Waals surface area (Å²) < 4.78 is 1.53. The Bertz CT molecular complexity index is 613. The molecule has 0 saturated heterocycles. The molecule has 1 unspecified atom stereocenters. The second-order valence-corrected chi connectivity index (χ2v) is 3.84. The Morgan fingerprint density at radius 2 is 2.06 bits per heavy atom. The summed E-state index contributed by atoms with van der Waals surface area (Å²) in [6.45, 7) is 2.96. The fraction of sp³-hybridized carbons (Fsp3) is 0.500. The monoisotopic (exact) mass is 255 g/mol. The zero-order valence-corrected chi connectivity index (χ0v) is 10.2. The highest BCUT2D eigenvalue weighted by molar-refractivity contribution is 5.81. The maximum absolute atomic E-state index is 11.8. The average molecular weight is 255 g/mol. The lowest BCUT2D eigenvalue weighted by atomic mass is 10.1. The van der Waals surface area contributed by atoms with Crippen LogP contribution in [0.5, 0.6) is 0 Å². The maximum Gasteiger partial charge on any atom is 0.350 e. The second-order valence-electron chi connectivity index (χ2n) is 3.84. The molecular weight excluding hydrogens is 242 g/mol. The SMILES string of the molecule is CCC(=O)C(C)n1c(=O)c([N+](=O)[O-])cn(C)c1=O. The molecule has 0 aliphatic heterocycles. The normalized spacial score (nSPS) is 12.2. The van der Waals surface area contributed by atoms with Crippen LogP contribution in [-0.4, -0.2) is 19.8 Å². The Kier molecular flexibility index (Phi) is 3.79. The van der Waals surface area contributed by atoms with Crippen molar-refractivity contribution >= 4 is 11.5 Å². The van der Waals surface area contributed by atoms with Gasteiger partial charge in [-0.2, -0.15) is 0 Å². The van der Waals surface area contributed by atoms with E-state index in [1.54, 1.807) is 6.92 Å².